The van der Waals surface area contributed by atoms with Crippen molar-refractivity contribution < 1.29 is 13.4 Å². The van der Waals surface area contributed by atoms with Crippen LogP contribution >= 0.6 is 22.9 Å². The van der Waals surface area contributed by atoms with Crippen LogP contribution in [0.1, 0.15) is 17.3 Å². The van der Waals surface area contributed by atoms with Crippen LogP contribution in [0.15, 0.2) is 42.0 Å². The maximum atomic E-state index is 13.4. The Bertz CT molecular complexity index is 1240. The lowest BCUT2D eigenvalue weighted by atomic mass is 10.0. The van der Waals surface area contributed by atoms with Gasteiger partial charge in [-0.2, -0.15) is 5.10 Å². The third kappa shape index (κ3) is 4.53. The molecule has 0 radical (unpaired) electrons. The van der Waals surface area contributed by atoms with E-state index in [1.807, 2.05) is 24.7 Å². The average molecular weight is 482 g/mol. The van der Waals surface area contributed by atoms with Crippen LogP contribution in [0.3, 0.4) is 0 Å². The Labute approximate surface area is 189 Å². The molecule has 1 amide bonds. The summed E-state index contributed by atoms with van der Waals surface area (Å²) in [7, 11) is 0.560. The van der Waals surface area contributed by atoms with Crippen LogP contribution in [0.25, 0.3) is 11.1 Å². The molecule has 2 N–H and O–H groups in total. The molecule has 1 aromatic carbocycles. The van der Waals surface area contributed by atoms with Gasteiger partial charge in [-0.3, -0.25) is 9.48 Å². The molecule has 2 aromatic heterocycles. The number of thiophene rings is 1. The Hall–Kier alpha value is -2.24. The van der Waals surface area contributed by atoms with Crippen molar-refractivity contribution in [2.75, 3.05) is 12.4 Å². The minimum Gasteiger partial charge on any atom is -0.325 e. The number of nitrogens with zero attached hydrogens (tertiary/aromatic N) is 3. The summed E-state index contributed by atoms with van der Waals surface area (Å²) < 4.78 is 32.8. The molecule has 3 aromatic rings. The molecule has 1 fully saturated rings. The first-order chi connectivity index (χ1) is 14.6. The van der Waals surface area contributed by atoms with E-state index in [1.165, 1.54) is 33.8 Å². The second-order valence-corrected chi connectivity index (χ2v) is 10.8. The summed E-state index contributed by atoms with van der Waals surface area (Å²) in [6.07, 6.45) is 4.09. The minimum atomic E-state index is -2.88. The number of nitrogens with one attached hydrogen (secondary N) is 2. The Morgan fingerprint density at radius 2 is 2.16 bits per heavy atom. The van der Waals surface area contributed by atoms with E-state index in [4.69, 9.17) is 11.6 Å². The summed E-state index contributed by atoms with van der Waals surface area (Å²) in [6, 6.07) is 4.94. The zero-order chi connectivity index (χ0) is 22.3. The molecule has 4 rings (SSSR count). The highest BCUT2D eigenvalue weighted by molar-refractivity contribution is 7.96. The zero-order valence-electron chi connectivity index (χ0n) is 16.8. The maximum absolute atomic E-state index is 13.4. The predicted octanol–water partition coefficient (Wildman–Crippen LogP) is 3.46. The Kier molecular flexibility index (Phi) is 5.93. The molecule has 1 aliphatic heterocycles. The van der Waals surface area contributed by atoms with E-state index in [9.17, 15) is 13.4 Å². The Balaban J connectivity index is 1.57. The van der Waals surface area contributed by atoms with E-state index in [2.05, 4.69) is 21.0 Å². The van der Waals surface area contributed by atoms with Gasteiger partial charge in [0.15, 0.2) is 0 Å². The number of benzene rings is 1. The normalized spacial score (nSPS) is 24.3. The third-order valence-corrected chi connectivity index (χ3v) is 8.35. The van der Waals surface area contributed by atoms with Gasteiger partial charge < -0.3 is 5.32 Å². The fourth-order valence-electron chi connectivity index (χ4n) is 3.43. The highest BCUT2D eigenvalue weighted by atomic mass is 35.5. The first-order valence-electron chi connectivity index (χ1n) is 9.35. The molecule has 0 aliphatic carbocycles. The van der Waals surface area contributed by atoms with Gasteiger partial charge in [-0.25, -0.2) is 17.6 Å². The number of hydrogen-bond acceptors (Lipinski definition) is 4. The van der Waals surface area contributed by atoms with Crippen LogP contribution in [0.4, 0.5) is 10.1 Å². The third-order valence-electron chi connectivity index (χ3n) is 5.18. The van der Waals surface area contributed by atoms with Gasteiger partial charge in [-0.15, -0.1) is 11.3 Å². The van der Waals surface area contributed by atoms with Crippen LogP contribution in [0, 0.1) is 5.82 Å². The molecule has 0 saturated carbocycles. The SMILES string of the molecule is C=S1(=O)N[C@@H](c2cc(-c3cnn(C)c3)cs2)C[C@@H](C(=O)Nc2ccc(F)c(Cl)c2)N1C. The number of hydrogen-bond donors (Lipinski definition) is 2. The van der Waals surface area contributed by atoms with Crippen LogP contribution in [-0.2, 0) is 21.7 Å². The van der Waals surface area contributed by atoms with E-state index < -0.39 is 21.8 Å². The van der Waals surface area contributed by atoms with Crippen LogP contribution in [0.5, 0.6) is 0 Å². The maximum Gasteiger partial charge on any atom is 0.242 e. The van der Waals surface area contributed by atoms with E-state index in [0.29, 0.717) is 12.1 Å². The number of carbonyl (C=O) groups is 1. The summed E-state index contributed by atoms with van der Waals surface area (Å²) in [5, 5.41) is 8.85. The van der Waals surface area contributed by atoms with Crippen molar-refractivity contribution in [1.29, 1.82) is 0 Å². The first kappa shape index (κ1) is 22.0. The molecule has 31 heavy (non-hydrogen) atoms. The Morgan fingerprint density at radius 3 is 2.84 bits per heavy atom. The van der Waals surface area contributed by atoms with Crippen molar-refractivity contribution in [2.24, 2.45) is 7.05 Å². The summed E-state index contributed by atoms with van der Waals surface area (Å²) in [5.74, 6) is 2.87. The molecule has 1 aliphatic rings. The monoisotopic (exact) mass is 481 g/mol. The number of carbonyl (C=O) groups excluding carboxylic acids is 1. The second kappa shape index (κ2) is 8.36. The fourth-order valence-corrected chi connectivity index (χ4v) is 6.10. The van der Waals surface area contributed by atoms with E-state index in [-0.39, 0.29) is 17.0 Å². The van der Waals surface area contributed by atoms with Crippen molar-refractivity contribution in [3.05, 3.63) is 57.8 Å². The largest absolute Gasteiger partial charge is 0.325 e. The number of likely N-dealkylation sites (N-methyl/N-ethyl adjacent to an activating group) is 1. The van der Waals surface area contributed by atoms with E-state index in [1.54, 1.807) is 17.9 Å². The van der Waals surface area contributed by atoms with E-state index in [0.717, 1.165) is 16.0 Å². The minimum absolute atomic E-state index is 0.0863. The summed E-state index contributed by atoms with van der Waals surface area (Å²) in [4.78, 5) is 13.9. The molecule has 11 heteroatoms. The Morgan fingerprint density at radius 1 is 1.39 bits per heavy atom. The number of aryl methyl sites for hydroxylation is 1. The van der Waals surface area contributed by atoms with Crippen molar-refractivity contribution in [3.63, 3.8) is 0 Å². The van der Waals surface area contributed by atoms with Gasteiger partial charge in [0.25, 0.3) is 0 Å². The average Bonchev–Trinajstić information content (AvgIpc) is 3.35. The van der Waals surface area contributed by atoms with E-state index >= 15 is 0 Å². The number of amides is 1. The molecule has 7 nitrogen and oxygen atoms in total. The van der Waals surface area contributed by atoms with Crippen molar-refractivity contribution >= 4 is 50.3 Å². The van der Waals surface area contributed by atoms with Gasteiger partial charge in [-0.05, 0) is 47.5 Å². The van der Waals surface area contributed by atoms with Crippen LogP contribution < -0.4 is 10.0 Å². The topological polar surface area (TPSA) is 79.3 Å². The van der Waals surface area contributed by atoms with Gasteiger partial charge in [0.2, 0.25) is 5.91 Å². The smallest absolute Gasteiger partial charge is 0.242 e. The number of anilines is 1. The van der Waals surface area contributed by atoms with Gasteiger partial charge in [0.1, 0.15) is 11.9 Å². The van der Waals surface area contributed by atoms with Crippen LogP contribution in [0.2, 0.25) is 5.02 Å². The zero-order valence-corrected chi connectivity index (χ0v) is 19.2. The highest BCUT2D eigenvalue weighted by Crippen LogP contribution is 2.35. The molecule has 1 unspecified atom stereocenters. The highest BCUT2D eigenvalue weighted by Gasteiger charge is 2.38. The fraction of sp³-hybridized carbons (Fsp3) is 0.250. The molecule has 0 bridgehead atoms. The van der Waals surface area contributed by atoms with Gasteiger partial charge in [0, 0.05) is 36.4 Å². The number of rotatable bonds is 4. The molecule has 1 saturated heterocycles. The first-order valence-corrected chi connectivity index (χ1v) is 12.3. The number of aromatic nitrogens is 2. The van der Waals surface area contributed by atoms with Crippen molar-refractivity contribution in [2.45, 2.75) is 18.5 Å². The lowest BCUT2D eigenvalue weighted by Gasteiger charge is -2.39. The summed E-state index contributed by atoms with van der Waals surface area (Å²) in [5.41, 5.74) is 2.35. The van der Waals surface area contributed by atoms with Gasteiger partial charge in [-0.1, -0.05) is 11.6 Å². The van der Waals surface area contributed by atoms with Crippen molar-refractivity contribution in [3.8, 4) is 11.1 Å². The van der Waals surface area contributed by atoms with Gasteiger partial charge >= 0.3 is 0 Å². The molecule has 0 spiro atoms. The molecule has 3 heterocycles. The molecule has 164 valence electrons. The lowest BCUT2D eigenvalue weighted by Crippen LogP contribution is -2.55. The van der Waals surface area contributed by atoms with Gasteiger partial charge in [0.05, 0.1) is 27.2 Å². The molecule has 3 atom stereocenters. The lowest BCUT2D eigenvalue weighted by molar-refractivity contribution is -0.120. The molecular formula is C20H21ClFN5O2S2. The van der Waals surface area contributed by atoms with Crippen LogP contribution in [-0.4, -0.2) is 43.2 Å². The summed E-state index contributed by atoms with van der Waals surface area (Å²) in [6.45, 7) is 0. The van der Waals surface area contributed by atoms with Crippen molar-refractivity contribution in [1.82, 2.24) is 18.8 Å². The quantitative estimate of drug-likeness (QED) is 0.560. The standard InChI is InChI=1S/C20H21ClFN5O2S2/c1-26-10-13(9-23-26)12-6-19(30-11-12)17-8-18(27(2)31(3,29)25-17)20(28)24-14-4-5-16(22)15(21)7-14/h4-7,9-11,17-18H,3,8H2,1-2H3,(H,24,28)(H,25,29)/t17-,18+,31?/m1/s1. The predicted molar refractivity (Wildman–Crippen MR) is 124 cm³/mol. The molecular weight excluding hydrogens is 461 g/mol. The summed E-state index contributed by atoms with van der Waals surface area (Å²) >= 11 is 7.33. The second-order valence-electron chi connectivity index (χ2n) is 7.37. The number of halogens is 2.